The van der Waals surface area contributed by atoms with Crippen molar-refractivity contribution < 1.29 is 23.4 Å². The molecule has 1 heterocycles. The summed E-state index contributed by atoms with van der Waals surface area (Å²) >= 11 is 0. The van der Waals surface area contributed by atoms with Gasteiger partial charge in [-0.3, -0.25) is 0 Å². The number of hydrogen-bond acceptors (Lipinski definition) is 5. The van der Waals surface area contributed by atoms with E-state index in [4.69, 9.17) is 23.4 Å². The molecular weight excluding hydrogens is 769 g/mol. The highest BCUT2D eigenvalue weighted by Gasteiger charge is 2.63. The van der Waals surface area contributed by atoms with Gasteiger partial charge in [0.2, 0.25) is 0 Å². The van der Waals surface area contributed by atoms with E-state index >= 15 is 0 Å². The molecule has 0 amide bonds. The highest BCUT2D eigenvalue weighted by molar-refractivity contribution is 6.99. The lowest BCUT2D eigenvalue weighted by atomic mass is 9.44. The summed E-state index contributed by atoms with van der Waals surface area (Å²) in [5.74, 6) is 3.68. The Morgan fingerprint density at radius 1 is 0.770 bits per heavy atom. The van der Waals surface area contributed by atoms with Gasteiger partial charge >= 0.3 is 0 Å². The van der Waals surface area contributed by atoms with Crippen LogP contribution in [-0.4, -0.2) is 45.6 Å². The topological polar surface area (TPSA) is 46.2 Å². The number of fused-ring (bicyclic) bond motifs is 5. The van der Waals surface area contributed by atoms with E-state index in [9.17, 15) is 0 Å². The fourth-order valence-corrected chi connectivity index (χ4v) is 18.4. The highest BCUT2D eigenvalue weighted by Crippen LogP contribution is 2.68. The summed E-state index contributed by atoms with van der Waals surface area (Å²) in [5.41, 5.74) is 3.24. The summed E-state index contributed by atoms with van der Waals surface area (Å²) in [6, 6.07) is 31.0. The standard InChI is InChI=1S/C55H78O5Si/c1-36(2)37(3)50-51(59-53(8,9)58-50)38(4)45-27-28-46-49-47(30-32-55(45,46)11)54(10)31-29-42(33-40(54)34-48(49)57-35-39-23-25-41(56-12)26-24-39)60-61(52(5,6)7,43-19-15-13-16-20-43)44-21-17-14-18-22-44/h13-26,28,36-38,40,42,45,47-51H,27,29-35H2,1-12H3/t37-,38+,40+,42-,45-,47+,48-,49+,50+,51+,54+,55-/m1/s1. The van der Waals surface area contributed by atoms with Crippen molar-refractivity contribution >= 4 is 18.7 Å². The van der Waals surface area contributed by atoms with Gasteiger partial charge < -0.3 is 23.4 Å². The average molecular weight is 847 g/mol. The monoisotopic (exact) mass is 847 g/mol. The first-order valence-corrected chi connectivity index (χ1v) is 25.9. The van der Waals surface area contributed by atoms with Gasteiger partial charge in [0, 0.05) is 12.0 Å². The molecule has 0 spiro atoms. The molecule has 0 unspecified atom stereocenters. The molecule has 0 N–H and O–H groups in total. The van der Waals surface area contributed by atoms with Crippen LogP contribution >= 0.6 is 0 Å². The average Bonchev–Trinajstić information content (AvgIpc) is 3.77. The third-order valence-electron chi connectivity index (χ3n) is 17.4. The maximum absolute atomic E-state index is 7.91. The highest BCUT2D eigenvalue weighted by atomic mass is 28.4. The van der Waals surface area contributed by atoms with Gasteiger partial charge in [0.25, 0.3) is 8.32 Å². The number of rotatable bonds is 12. The molecular formula is C55H78O5Si. The molecule has 1 aliphatic heterocycles. The van der Waals surface area contributed by atoms with E-state index in [1.807, 2.05) is 0 Å². The molecule has 5 aliphatic rings. The Morgan fingerprint density at radius 2 is 1.39 bits per heavy atom. The molecule has 0 bridgehead atoms. The van der Waals surface area contributed by atoms with Gasteiger partial charge in [-0.05, 0) is 138 Å². The predicted octanol–water partition coefficient (Wildman–Crippen LogP) is 12.2. The van der Waals surface area contributed by atoms with Crippen molar-refractivity contribution in [1.29, 1.82) is 0 Å². The Bertz CT molecular complexity index is 1930. The fourth-order valence-electron chi connectivity index (χ4n) is 13.7. The van der Waals surface area contributed by atoms with Gasteiger partial charge in [-0.2, -0.15) is 0 Å². The van der Waals surface area contributed by atoms with Crippen LogP contribution in [0.15, 0.2) is 96.6 Å². The van der Waals surface area contributed by atoms with E-state index in [2.05, 4.69) is 167 Å². The van der Waals surface area contributed by atoms with Crippen LogP contribution in [0.25, 0.3) is 0 Å². The first-order chi connectivity index (χ1) is 28.9. The quantitative estimate of drug-likeness (QED) is 0.134. The maximum Gasteiger partial charge on any atom is 0.261 e. The predicted molar refractivity (Wildman–Crippen MR) is 252 cm³/mol. The van der Waals surface area contributed by atoms with Crippen LogP contribution in [0.1, 0.15) is 127 Å². The van der Waals surface area contributed by atoms with Gasteiger partial charge in [-0.15, -0.1) is 0 Å². The summed E-state index contributed by atoms with van der Waals surface area (Å²) in [6.07, 6.45) is 11.3. The van der Waals surface area contributed by atoms with Crippen molar-refractivity contribution in [2.45, 2.75) is 163 Å². The number of ether oxygens (including phenoxy) is 4. The van der Waals surface area contributed by atoms with Crippen molar-refractivity contribution in [3.63, 3.8) is 0 Å². The summed E-state index contributed by atoms with van der Waals surface area (Å²) < 4.78 is 34.4. The Balaban J connectivity index is 1.10. The molecule has 5 nitrogen and oxygen atoms in total. The number of benzene rings is 3. The van der Waals surface area contributed by atoms with E-state index < -0.39 is 14.1 Å². The third kappa shape index (κ3) is 8.06. The minimum Gasteiger partial charge on any atom is -0.497 e. The Kier molecular flexibility index (Phi) is 12.5. The molecule has 1 saturated heterocycles. The van der Waals surface area contributed by atoms with Crippen molar-refractivity contribution in [3.05, 3.63) is 102 Å². The van der Waals surface area contributed by atoms with E-state index in [0.717, 1.165) is 31.4 Å². The lowest BCUT2D eigenvalue weighted by Gasteiger charge is -2.62. The van der Waals surface area contributed by atoms with Crippen LogP contribution in [0, 0.1) is 52.3 Å². The van der Waals surface area contributed by atoms with Crippen molar-refractivity contribution in [2.75, 3.05) is 7.11 Å². The molecule has 332 valence electrons. The first-order valence-electron chi connectivity index (χ1n) is 24.0. The molecule has 3 aromatic rings. The molecule has 12 atom stereocenters. The first kappa shape index (κ1) is 44.8. The third-order valence-corrected chi connectivity index (χ3v) is 22.4. The summed E-state index contributed by atoms with van der Waals surface area (Å²) in [5, 5.41) is 2.70. The minimum absolute atomic E-state index is 0.0488. The second-order valence-corrected chi connectivity index (χ2v) is 26.7. The van der Waals surface area contributed by atoms with Crippen LogP contribution in [0.3, 0.4) is 0 Å². The largest absolute Gasteiger partial charge is 0.497 e. The van der Waals surface area contributed by atoms with Crippen LogP contribution in [-0.2, 0) is 25.2 Å². The smallest absolute Gasteiger partial charge is 0.261 e. The Hall–Kier alpha value is -2.74. The molecule has 0 radical (unpaired) electrons. The molecule has 8 rings (SSSR count). The van der Waals surface area contributed by atoms with E-state index in [-0.39, 0.29) is 40.3 Å². The van der Waals surface area contributed by atoms with E-state index in [1.54, 1.807) is 12.7 Å². The second-order valence-electron chi connectivity index (χ2n) is 22.4. The molecule has 3 saturated carbocycles. The van der Waals surface area contributed by atoms with Crippen LogP contribution in [0.5, 0.6) is 5.75 Å². The summed E-state index contributed by atoms with van der Waals surface area (Å²) in [7, 11) is -0.954. The van der Waals surface area contributed by atoms with Crippen molar-refractivity contribution in [1.82, 2.24) is 0 Å². The van der Waals surface area contributed by atoms with E-state index in [0.29, 0.717) is 48.0 Å². The Morgan fingerprint density at radius 3 is 1.98 bits per heavy atom. The van der Waals surface area contributed by atoms with Gasteiger partial charge in [0.15, 0.2) is 5.79 Å². The summed E-state index contributed by atoms with van der Waals surface area (Å²) in [4.78, 5) is 0. The van der Waals surface area contributed by atoms with E-state index in [1.165, 1.54) is 35.2 Å². The normalized spacial score (nSPS) is 34.5. The molecule has 0 aromatic heterocycles. The lowest BCUT2D eigenvalue weighted by Crippen LogP contribution is -2.68. The number of methoxy groups -OCH3 is 1. The van der Waals surface area contributed by atoms with Crippen LogP contribution < -0.4 is 15.1 Å². The molecule has 6 heteroatoms. The zero-order valence-corrected chi connectivity index (χ0v) is 40.7. The second kappa shape index (κ2) is 17.0. The number of allylic oxidation sites excluding steroid dienone is 1. The maximum atomic E-state index is 7.91. The lowest BCUT2D eigenvalue weighted by molar-refractivity contribution is -0.160. The van der Waals surface area contributed by atoms with Crippen LogP contribution in [0.2, 0.25) is 5.04 Å². The molecule has 4 fully saturated rings. The van der Waals surface area contributed by atoms with Gasteiger partial charge in [-0.1, -0.05) is 147 Å². The van der Waals surface area contributed by atoms with Gasteiger partial charge in [0.05, 0.1) is 32.0 Å². The summed E-state index contributed by atoms with van der Waals surface area (Å²) in [6.45, 7) is 26.9. The number of hydrogen-bond donors (Lipinski definition) is 0. The zero-order chi connectivity index (χ0) is 43.5. The molecule has 4 aliphatic carbocycles. The van der Waals surface area contributed by atoms with Gasteiger partial charge in [-0.25, -0.2) is 0 Å². The molecule has 3 aromatic carbocycles. The molecule has 61 heavy (non-hydrogen) atoms. The van der Waals surface area contributed by atoms with Crippen LogP contribution in [0.4, 0.5) is 0 Å². The fraction of sp³-hybridized carbons (Fsp3) is 0.636. The van der Waals surface area contributed by atoms with Crippen molar-refractivity contribution in [2.24, 2.45) is 52.3 Å². The zero-order valence-electron chi connectivity index (χ0n) is 39.7. The minimum atomic E-state index is -2.69. The van der Waals surface area contributed by atoms with Gasteiger partial charge in [0.1, 0.15) is 5.75 Å². The SMILES string of the molecule is COc1ccc(CO[C@@H]2C[C@@H]3C[C@H](O[Si](c4ccccc4)(c4ccccc4)C(C)(C)C)CC[C@]3(C)[C@H]3CC[C@@]4(C)C(=CC[C@@H]4[C@H](C)[C@@H]4OC(C)(C)O[C@H]4[C@H](C)C(C)C)[C@H]23)cc1. The van der Waals surface area contributed by atoms with Crippen molar-refractivity contribution in [3.8, 4) is 5.75 Å². The Labute approximate surface area is 370 Å².